The van der Waals surface area contributed by atoms with Crippen molar-refractivity contribution in [2.75, 3.05) is 24.0 Å². The monoisotopic (exact) mass is 585 g/mol. The molecule has 3 aromatic rings. The van der Waals surface area contributed by atoms with Gasteiger partial charge in [0.1, 0.15) is 18.3 Å². The van der Waals surface area contributed by atoms with Gasteiger partial charge in [0.05, 0.1) is 17.2 Å². The first-order chi connectivity index (χ1) is 19.0. The Kier molecular flexibility index (Phi) is 11.0. The summed E-state index contributed by atoms with van der Waals surface area (Å²) >= 11 is 6.05. The van der Waals surface area contributed by atoms with Crippen LogP contribution in [-0.2, 0) is 26.2 Å². The van der Waals surface area contributed by atoms with E-state index in [-0.39, 0.29) is 29.0 Å². The molecule has 214 valence electrons. The van der Waals surface area contributed by atoms with Crippen LogP contribution in [0.2, 0.25) is 5.02 Å². The third-order valence-corrected chi connectivity index (χ3v) is 8.19. The molecule has 0 bridgehead atoms. The Morgan fingerprint density at radius 3 is 2.17 bits per heavy atom. The fourth-order valence-electron chi connectivity index (χ4n) is 4.00. The predicted molar refractivity (Wildman–Crippen MR) is 158 cm³/mol. The first kappa shape index (κ1) is 31.0. The van der Waals surface area contributed by atoms with Crippen LogP contribution in [0, 0.1) is 5.92 Å². The van der Waals surface area contributed by atoms with Crippen LogP contribution in [0.5, 0.6) is 5.75 Å². The second kappa shape index (κ2) is 14.2. The van der Waals surface area contributed by atoms with Gasteiger partial charge in [0.2, 0.25) is 11.8 Å². The van der Waals surface area contributed by atoms with Crippen molar-refractivity contribution >= 4 is 39.1 Å². The molecule has 0 aliphatic heterocycles. The van der Waals surface area contributed by atoms with Crippen molar-refractivity contribution in [1.82, 2.24) is 10.2 Å². The normalized spacial score (nSPS) is 12.1. The molecule has 0 heterocycles. The third-order valence-electron chi connectivity index (χ3n) is 6.16. The van der Waals surface area contributed by atoms with Gasteiger partial charge in [-0.25, -0.2) is 8.42 Å². The lowest BCUT2D eigenvalue weighted by Gasteiger charge is -2.32. The maximum absolute atomic E-state index is 14.0. The highest BCUT2D eigenvalue weighted by Crippen LogP contribution is 2.33. The summed E-state index contributed by atoms with van der Waals surface area (Å²) in [6.07, 6.45) is 0. The number of rotatable bonds is 13. The van der Waals surface area contributed by atoms with Crippen molar-refractivity contribution in [1.29, 1.82) is 0 Å². The molecule has 0 aromatic heterocycles. The van der Waals surface area contributed by atoms with Crippen LogP contribution >= 0.6 is 11.6 Å². The summed E-state index contributed by atoms with van der Waals surface area (Å²) in [4.78, 5) is 28.5. The van der Waals surface area contributed by atoms with Crippen LogP contribution in [0.4, 0.5) is 5.69 Å². The molecule has 3 aromatic carbocycles. The number of anilines is 1. The highest BCUT2D eigenvalue weighted by Gasteiger charge is 2.33. The van der Waals surface area contributed by atoms with Crippen molar-refractivity contribution in [3.05, 3.63) is 89.4 Å². The molecule has 3 rings (SSSR count). The lowest BCUT2D eigenvalue weighted by Crippen LogP contribution is -2.51. The Labute approximate surface area is 241 Å². The number of halogens is 1. The molecule has 0 radical (unpaired) electrons. The first-order valence-corrected chi connectivity index (χ1v) is 15.0. The van der Waals surface area contributed by atoms with Crippen LogP contribution in [0.25, 0.3) is 0 Å². The van der Waals surface area contributed by atoms with Gasteiger partial charge in [0.15, 0.2) is 0 Å². The largest absolute Gasteiger partial charge is 0.492 e. The molecule has 0 fully saturated rings. The molecule has 40 heavy (non-hydrogen) atoms. The van der Waals surface area contributed by atoms with E-state index in [1.54, 1.807) is 80.6 Å². The summed E-state index contributed by atoms with van der Waals surface area (Å²) in [6.45, 7) is 7.67. The van der Waals surface area contributed by atoms with E-state index < -0.39 is 28.5 Å². The van der Waals surface area contributed by atoms with Gasteiger partial charge in [-0.2, -0.15) is 0 Å². The molecule has 8 nitrogen and oxygen atoms in total. The number of ether oxygens (including phenoxy) is 1. The Balaban J connectivity index is 2.04. The lowest BCUT2D eigenvalue weighted by molar-refractivity contribution is -0.139. The Hall–Kier alpha value is -3.56. The fraction of sp³-hybridized carbons (Fsp3) is 0.333. The van der Waals surface area contributed by atoms with Gasteiger partial charge in [0.25, 0.3) is 10.0 Å². The van der Waals surface area contributed by atoms with Gasteiger partial charge in [-0.3, -0.25) is 13.9 Å². The standard InChI is InChI=1S/C30H36ClN3O5S/c1-5-39-28-14-10-9-13-27(28)34(40(37,38)26-11-7-6-8-12-26)21-29(35)33(20-24-15-17-25(31)18-16-24)23(4)30(36)32-19-22(2)3/h6-18,22-23H,5,19-21H2,1-4H3,(H,32,36)/t23-/m1/s1. The van der Waals surface area contributed by atoms with Crippen molar-refractivity contribution in [2.45, 2.75) is 45.2 Å². The highest BCUT2D eigenvalue weighted by molar-refractivity contribution is 7.92. The molecule has 0 saturated carbocycles. The van der Waals surface area contributed by atoms with E-state index in [1.165, 1.54) is 17.0 Å². The molecular weight excluding hydrogens is 550 g/mol. The third kappa shape index (κ3) is 7.99. The number of sulfonamides is 1. The van der Waals surface area contributed by atoms with Crippen molar-refractivity contribution in [2.24, 2.45) is 5.92 Å². The fourth-order valence-corrected chi connectivity index (χ4v) is 5.57. The Morgan fingerprint density at radius 1 is 0.925 bits per heavy atom. The topological polar surface area (TPSA) is 96.0 Å². The minimum atomic E-state index is -4.18. The smallest absolute Gasteiger partial charge is 0.264 e. The molecule has 1 atom stereocenters. The predicted octanol–water partition coefficient (Wildman–Crippen LogP) is 5.12. The second-order valence-electron chi connectivity index (χ2n) is 9.69. The minimum absolute atomic E-state index is 0.0288. The number of benzene rings is 3. The number of amides is 2. The zero-order valence-electron chi connectivity index (χ0n) is 23.2. The summed E-state index contributed by atoms with van der Waals surface area (Å²) in [5, 5.41) is 3.41. The van der Waals surface area contributed by atoms with Crippen LogP contribution in [0.15, 0.2) is 83.8 Å². The molecule has 10 heteroatoms. The van der Waals surface area contributed by atoms with Gasteiger partial charge in [0, 0.05) is 18.1 Å². The second-order valence-corrected chi connectivity index (χ2v) is 12.0. The number of para-hydroxylation sites is 2. The summed E-state index contributed by atoms with van der Waals surface area (Å²) in [5.41, 5.74) is 0.971. The van der Waals surface area contributed by atoms with Crippen LogP contribution in [0.3, 0.4) is 0 Å². The number of nitrogens with zero attached hydrogens (tertiary/aromatic N) is 2. The molecular formula is C30H36ClN3O5S. The summed E-state index contributed by atoms with van der Waals surface area (Å²) in [5.74, 6) is -0.335. The molecule has 2 amide bonds. The number of nitrogens with one attached hydrogen (secondary N) is 1. The molecule has 0 aliphatic carbocycles. The summed E-state index contributed by atoms with van der Waals surface area (Å²) in [7, 11) is -4.18. The molecule has 0 saturated heterocycles. The molecule has 0 aliphatic rings. The number of hydrogen-bond donors (Lipinski definition) is 1. The number of carbonyl (C=O) groups excluding carboxylic acids is 2. The van der Waals surface area contributed by atoms with Gasteiger partial charge in [-0.15, -0.1) is 0 Å². The van der Waals surface area contributed by atoms with Crippen molar-refractivity contribution in [3.8, 4) is 5.75 Å². The van der Waals surface area contributed by atoms with Gasteiger partial charge in [-0.1, -0.05) is 67.9 Å². The average molecular weight is 586 g/mol. The zero-order chi connectivity index (χ0) is 29.3. The molecule has 0 spiro atoms. The van der Waals surface area contributed by atoms with Crippen molar-refractivity contribution < 1.29 is 22.7 Å². The summed E-state index contributed by atoms with van der Waals surface area (Å²) < 4.78 is 34.6. The van der Waals surface area contributed by atoms with Gasteiger partial charge < -0.3 is 15.0 Å². The van der Waals surface area contributed by atoms with E-state index in [0.717, 1.165) is 9.87 Å². The van der Waals surface area contributed by atoms with Crippen LogP contribution < -0.4 is 14.4 Å². The maximum atomic E-state index is 14.0. The maximum Gasteiger partial charge on any atom is 0.264 e. The van der Waals surface area contributed by atoms with Gasteiger partial charge >= 0.3 is 0 Å². The zero-order valence-corrected chi connectivity index (χ0v) is 24.8. The highest BCUT2D eigenvalue weighted by atomic mass is 35.5. The van der Waals surface area contributed by atoms with E-state index in [2.05, 4.69) is 5.32 Å². The SMILES string of the molecule is CCOc1ccccc1N(CC(=O)N(Cc1ccc(Cl)cc1)[C@H](C)C(=O)NCC(C)C)S(=O)(=O)c1ccccc1. The van der Waals surface area contributed by atoms with Crippen molar-refractivity contribution in [3.63, 3.8) is 0 Å². The average Bonchev–Trinajstić information content (AvgIpc) is 2.94. The van der Waals surface area contributed by atoms with E-state index >= 15 is 0 Å². The van der Waals surface area contributed by atoms with Crippen LogP contribution in [0.1, 0.15) is 33.3 Å². The summed E-state index contributed by atoms with van der Waals surface area (Å²) in [6, 6.07) is 20.7. The Bertz CT molecular complexity index is 1380. The van der Waals surface area contributed by atoms with E-state index in [1.807, 2.05) is 13.8 Å². The quantitative estimate of drug-likeness (QED) is 0.300. The van der Waals surface area contributed by atoms with E-state index in [4.69, 9.17) is 16.3 Å². The van der Waals surface area contributed by atoms with Gasteiger partial charge in [-0.05, 0) is 61.7 Å². The number of carbonyl (C=O) groups is 2. The molecule has 1 N–H and O–H groups in total. The molecule has 0 unspecified atom stereocenters. The lowest BCUT2D eigenvalue weighted by atomic mass is 10.1. The number of hydrogen-bond acceptors (Lipinski definition) is 5. The Morgan fingerprint density at radius 2 is 1.55 bits per heavy atom. The van der Waals surface area contributed by atoms with E-state index in [0.29, 0.717) is 23.9 Å². The van der Waals surface area contributed by atoms with E-state index in [9.17, 15) is 18.0 Å². The van der Waals surface area contributed by atoms with Crippen LogP contribution in [-0.4, -0.2) is 50.9 Å². The minimum Gasteiger partial charge on any atom is -0.492 e. The first-order valence-electron chi connectivity index (χ1n) is 13.2.